The van der Waals surface area contributed by atoms with Gasteiger partial charge in [-0.3, -0.25) is 0 Å². The number of ether oxygens (including phenoxy) is 2. The van der Waals surface area contributed by atoms with Gasteiger partial charge in [0, 0.05) is 12.6 Å². The number of hydrogen-bond acceptors (Lipinski definition) is 7. The van der Waals surface area contributed by atoms with Crippen LogP contribution in [0.15, 0.2) is 36.0 Å². The van der Waals surface area contributed by atoms with E-state index in [0.29, 0.717) is 17.5 Å². The Bertz CT molecular complexity index is 763. The smallest absolute Gasteiger partial charge is 0.244 e. The van der Waals surface area contributed by atoms with Crippen LogP contribution in [-0.2, 0) is 0 Å². The highest BCUT2D eigenvalue weighted by atomic mass is 16.5. The summed E-state index contributed by atoms with van der Waals surface area (Å²) in [5.74, 6) is 2.51. The summed E-state index contributed by atoms with van der Waals surface area (Å²) in [6.45, 7) is 0.808. The standard InChI is InChI=1S/C19H25N5O2/c1-25-15-8-9-16(17(12-15)26-2)22-18-13-21-24-19(23-18)20-11-10-14-6-4-3-5-7-14/h6,8-9,12-13H,3-5,7,10-11H2,1-2H3,(H2,20,22,23,24). The summed E-state index contributed by atoms with van der Waals surface area (Å²) >= 11 is 0. The zero-order valence-corrected chi connectivity index (χ0v) is 15.3. The van der Waals surface area contributed by atoms with Crippen LogP contribution in [0.2, 0.25) is 0 Å². The highest BCUT2D eigenvalue weighted by molar-refractivity contribution is 5.65. The van der Waals surface area contributed by atoms with E-state index in [9.17, 15) is 0 Å². The molecule has 0 fully saturated rings. The quantitative estimate of drug-likeness (QED) is 0.694. The Balaban J connectivity index is 1.61. The van der Waals surface area contributed by atoms with Crippen LogP contribution in [0.4, 0.5) is 17.5 Å². The maximum atomic E-state index is 5.39. The van der Waals surface area contributed by atoms with Crippen LogP contribution >= 0.6 is 0 Å². The summed E-state index contributed by atoms with van der Waals surface area (Å²) < 4.78 is 10.6. The molecule has 0 amide bonds. The Morgan fingerprint density at radius 2 is 2.08 bits per heavy atom. The summed E-state index contributed by atoms with van der Waals surface area (Å²) in [5.41, 5.74) is 2.31. The van der Waals surface area contributed by atoms with Crippen LogP contribution in [-0.4, -0.2) is 35.9 Å². The molecule has 0 unspecified atom stereocenters. The fraction of sp³-hybridized carbons (Fsp3) is 0.421. The first-order valence-electron chi connectivity index (χ1n) is 8.89. The Morgan fingerprint density at radius 1 is 1.15 bits per heavy atom. The fourth-order valence-corrected chi connectivity index (χ4v) is 2.95. The third-order valence-electron chi connectivity index (χ3n) is 4.34. The first-order valence-corrected chi connectivity index (χ1v) is 8.89. The van der Waals surface area contributed by atoms with Gasteiger partial charge in [-0.2, -0.15) is 10.1 Å². The Hall–Kier alpha value is -2.83. The molecular weight excluding hydrogens is 330 g/mol. The van der Waals surface area contributed by atoms with Crippen molar-refractivity contribution in [2.45, 2.75) is 32.1 Å². The molecule has 0 radical (unpaired) electrons. The number of hydrogen-bond donors (Lipinski definition) is 2. The molecule has 3 rings (SSSR count). The minimum absolute atomic E-state index is 0.513. The number of methoxy groups -OCH3 is 2. The molecule has 26 heavy (non-hydrogen) atoms. The molecule has 1 aromatic heterocycles. The van der Waals surface area contributed by atoms with Crippen LogP contribution in [0.5, 0.6) is 11.5 Å². The molecule has 0 atom stereocenters. The maximum Gasteiger partial charge on any atom is 0.244 e. The molecule has 0 aliphatic heterocycles. The third kappa shape index (κ3) is 4.84. The van der Waals surface area contributed by atoms with Crippen molar-refractivity contribution >= 4 is 17.5 Å². The predicted octanol–water partition coefficient (Wildman–Crippen LogP) is 3.93. The average molecular weight is 355 g/mol. The molecular formula is C19H25N5O2. The summed E-state index contributed by atoms with van der Waals surface area (Å²) in [5, 5.41) is 14.5. The van der Waals surface area contributed by atoms with Gasteiger partial charge < -0.3 is 20.1 Å². The predicted molar refractivity (Wildman–Crippen MR) is 102 cm³/mol. The van der Waals surface area contributed by atoms with E-state index in [1.807, 2.05) is 18.2 Å². The fourth-order valence-electron chi connectivity index (χ4n) is 2.95. The molecule has 1 heterocycles. The van der Waals surface area contributed by atoms with Gasteiger partial charge in [0.15, 0.2) is 5.82 Å². The van der Waals surface area contributed by atoms with Gasteiger partial charge in [-0.1, -0.05) is 11.6 Å². The van der Waals surface area contributed by atoms with Crippen molar-refractivity contribution in [2.75, 3.05) is 31.4 Å². The van der Waals surface area contributed by atoms with E-state index in [2.05, 4.69) is 31.9 Å². The monoisotopic (exact) mass is 355 g/mol. The number of allylic oxidation sites excluding steroid dienone is 1. The number of aromatic nitrogens is 3. The second-order valence-electron chi connectivity index (χ2n) is 6.14. The van der Waals surface area contributed by atoms with E-state index >= 15 is 0 Å². The number of benzene rings is 1. The molecule has 138 valence electrons. The summed E-state index contributed by atoms with van der Waals surface area (Å²) in [6.07, 6.45) is 9.99. The Labute approximate surface area is 153 Å². The molecule has 2 aromatic rings. The van der Waals surface area contributed by atoms with Crippen LogP contribution in [0.1, 0.15) is 32.1 Å². The van der Waals surface area contributed by atoms with Gasteiger partial charge in [0.2, 0.25) is 5.95 Å². The van der Waals surface area contributed by atoms with Crippen LogP contribution in [0.25, 0.3) is 0 Å². The van der Waals surface area contributed by atoms with E-state index in [-0.39, 0.29) is 0 Å². The van der Waals surface area contributed by atoms with Gasteiger partial charge in [-0.05, 0) is 44.2 Å². The second-order valence-corrected chi connectivity index (χ2v) is 6.14. The first-order chi connectivity index (χ1) is 12.8. The van der Waals surface area contributed by atoms with Crippen molar-refractivity contribution in [3.63, 3.8) is 0 Å². The molecule has 0 bridgehead atoms. The lowest BCUT2D eigenvalue weighted by Crippen LogP contribution is -2.09. The molecule has 7 heteroatoms. The Kier molecular flexibility index (Phi) is 6.24. The topological polar surface area (TPSA) is 81.2 Å². The molecule has 0 saturated heterocycles. The third-order valence-corrected chi connectivity index (χ3v) is 4.34. The molecule has 1 aliphatic rings. The minimum Gasteiger partial charge on any atom is -0.497 e. The number of rotatable bonds is 8. The SMILES string of the molecule is COc1ccc(Nc2cnnc(NCCC3=CCCCC3)n2)c(OC)c1. The van der Waals surface area contributed by atoms with Gasteiger partial charge in [0.25, 0.3) is 0 Å². The highest BCUT2D eigenvalue weighted by Gasteiger charge is 2.08. The normalized spacial score (nSPS) is 13.7. The molecule has 0 spiro atoms. The van der Waals surface area contributed by atoms with Crippen molar-refractivity contribution in [2.24, 2.45) is 0 Å². The number of nitrogens with one attached hydrogen (secondary N) is 2. The molecule has 1 aromatic carbocycles. The van der Waals surface area contributed by atoms with Crippen molar-refractivity contribution in [3.05, 3.63) is 36.0 Å². The van der Waals surface area contributed by atoms with Crippen molar-refractivity contribution in [3.8, 4) is 11.5 Å². The highest BCUT2D eigenvalue weighted by Crippen LogP contribution is 2.30. The van der Waals surface area contributed by atoms with Crippen molar-refractivity contribution in [1.82, 2.24) is 15.2 Å². The second kappa shape index (κ2) is 9.03. The van der Waals surface area contributed by atoms with E-state index in [1.165, 1.54) is 31.3 Å². The van der Waals surface area contributed by atoms with Crippen LogP contribution in [0.3, 0.4) is 0 Å². The van der Waals surface area contributed by atoms with E-state index < -0.39 is 0 Å². The van der Waals surface area contributed by atoms with Crippen LogP contribution in [0, 0.1) is 0 Å². The van der Waals surface area contributed by atoms with Gasteiger partial charge >= 0.3 is 0 Å². The van der Waals surface area contributed by atoms with Gasteiger partial charge in [0.1, 0.15) is 11.5 Å². The van der Waals surface area contributed by atoms with Gasteiger partial charge in [-0.25, -0.2) is 0 Å². The molecule has 0 saturated carbocycles. The zero-order chi connectivity index (χ0) is 18.2. The van der Waals surface area contributed by atoms with E-state index in [4.69, 9.17) is 9.47 Å². The Morgan fingerprint density at radius 3 is 2.85 bits per heavy atom. The van der Waals surface area contributed by atoms with Crippen molar-refractivity contribution < 1.29 is 9.47 Å². The molecule has 1 aliphatic carbocycles. The lowest BCUT2D eigenvalue weighted by atomic mass is 9.97. The molecule has 7 nitrogen and oxygen atoms in total. The largest absolute Gasteiger partial charge is 0.497 e. The van der Waals surface area contributed by atoms with Gasteiger partial charge in [0.05, 0.1) is 26.1 Å². The summed E-state index contributed by atoms with van der Waals surface area (Å²) in [6, 6.07) is 5.55. The lowest BCUT2D eigenvalue weighted by Gasteiger charge is -2.13. The zero-order valence-electron chi connectivity index (χ0n) is 15.3. The molecule has 2 N–H and O–H groups in total. The number of nitrogens with zero attached hydrogens (tertiary/aromatic N) is 3. The van der Waals surface area contributed by atoms with Gasteiger partial charge in [-0.15, -0.1) is 5.10 Å². The van der Waals surface area contributed by atoms with E-state index in [1.54, 1.807) is 20.4 Å². The van der Waals surface area contributed by atoms with Crippen molar-refractivity contribution in [1.29, 1.82) is 0 Å². The summed E-state index contributed by atoms with van der Waals surface area (Å²) in [4.78, 5) is 4.47. The minimum atomic E-state index is 0.513. The lowest BCUT2D eigenvalue weighted by molar-refractivity contribution is 0.395. The van der Waals surface area contributed by atoms with Crippen LogP contribution < -0.4 is 20.1 Å². The number of anilines is 3. The van der Waals surface area contributed by atoms with E-state index in [0.717, 1.165) is 24.4 Å². The average Bonchev–Trinajstić information content (AvgIpc) is 2.69. The maximum absolute atomic E-state index is 5.39. The first kappa shape index (κ1) is 18.0. The summed E-state index contributed by atoms with van der Waals surface area (Å²) in [7, 11) is 3.24.